The van der Waals surface area contributed by atoms with E-state index in [-0.39, 0.29) is 36.4 Å². The minimum Gasteiger partial charge on any atom is -0.469 e. The predicted molar refractivity (Wildman–Crippen MR) is 128 cm³/mol. The average molecular weight is 470 g/mol. The van der Waals surface area contributed by atoms with Crippen molar-refractivity contribution in [3.05, 3.63) is 82.9 Å². The van der Waals surface area contributed by atoms with Crippen LogP contribution in [0.3, 0.4) is 0 Å². The van der Waals surface area contributed by atoms with Gasteiger partial charge in [-0.15, -0.1) is 0 Å². The SMILES string of the molecule is COC(=O)CCc1ccc([C@@H]2CC[C@@H](N[C@H](C)c3cccc4ccccc34)C2)cc1C(F)(F)F. The number of fused-ring (bicyclic) bond motifs is 1. The maximum atomic E-state index is 13.8. The number of methoxy groups -OCH3 is 1. The molecule has 3 nitrogen and oxygen atoms in total. The summed E-state index contributed by atoms with van der Waals surface area (Å²) in [7, 11) is 1.24. The van der Waals surface area contributed by atoms with E-state index in [1.807, 2.05) is 12.1 Å². The maximum absolute atomic E-state index is 13.8. The molecule has 34 heavy (non-hydrogen) atoms. The number of benzene rings is 3. The molecule has 0 radical (unpaired) electrons. The molecule has 0 unspecified atom stereocenters. The molecule has 1 fully saturated rings. The number of carbonyl (C=O) groups is 1. The summed E-state index contributed by atoms with van der Waals surface area (Å²) >= 11 is 0. The minimum atomic E-state index is -4.46. The van der Waals surface area contributed by atoms with Crippen LogP contribution in [0.15, 0.2) is 60.7 Å². The zero-order valence-corrected chi connectivity index (χ0v) is 19.5. The second kappa shape index (κ2) is 10.2. The molecule has 1 N–H and O–H groups in total. The predicted octanol–water partition coefficient (Wildman–Crippen LogP) is 6.95. The third-order valence-corrected chi connectivity index (χ3v) is 6.95. The van der Waals surface area contributed by atoms with Gasteiger partial charge < -0.3 is 10.1 Å². The Hall–Kier alpha value is -2.86. The number of alkyl halides is 3. The Kier molecular flexibility index (Phi) is 7.27. The van der Waals surface area contributed by atoms with E-state index in [1.54, 1.807) is 6.07 Å². The molecule has 6 heteroatoms. The van der Waals surface area contributed by atoms with Crippen molar-refractivity contribution in [1.29, 1.82) is 0 Å². The van der Waals surface area contributed by atoms with Crippen molar-refractivity contribution < 1.29 is 22.7 Å². The molecule has 180 valence electrons. The lowest BCUT2D eigenvalue weighted by atomic mass is 9.92. The van der Waals surface area contributed by atoms with Gasteiger partial charge in [-0.25, -0.2) is 0 Å². The monoisotopic (exact) mass is 469 g/mol. The maximum Gasteiger partial charge on any atom is 0.416 e. The van der Waals surface area contributed by atoms with E-state index in [0.29, 0.717) is 0 Å². The number of ether oxygens (including phenoxy) is 1. The zero-order chi connectivity index (χ0) is 24.3. The number of hydrogen-bond donors (Lipinski definition) is 1. The molecule has 0 bridgehead atoms. The largest absolute Gasteiger partial charge is 0.469 e. The quantitative estimate of drug-likeness (QED) is 0.381. The summed E-state index contributed by atoms with van der Waals surface area (Å²) in [5.41, 5.74) is 1.44. The lowest BCUT2D eigenvalue weighted by Gasteiger charge is -2.22. The molecule has 1 aliphatic carbocycles. The molecule has 1 aliphatic rings. The molecule has 0 amide bonds. The Balaban J connectivity index is 1.46. The lowest BCUT2D eigenvalue weighted by molar-refractivity contribution is -0.142. The van der Waals surface area contributed by atoms with Crippen molar-refractivity contribution in [2.75, 3.05) is 7.11 Å². The lowest BCUT2D eigenvalue weighted by Crippen LogP contribution is -2.29. The van der Waals surface area contributed by atoms with E-state index in [0.717, 1.165) is 24.8 Å². The summed E-state index contributed by atoms with van der Waals surface area (Å²) in [5.74, 6) is -0.435. The van der Waals surface area contributed by atoms with Crippen LogP contribution in [0.5, 0.6) is 0 Å². The van der Waals surface area contributed by atoms with Crippen LogP contribution in [0.25, 0.3) is 10.8 Å². The Labute approximate surface area is 198 Å². The van der Waals surface area contributed by atoms with Crippen molar-refractivity contribution in [3.63, 3.8) is 0 Å². The third-order valence-electron chi connectivity index (χ3n) is 6.95. The van der Waals surface area contributed by atoms with Crippen LogP contribution in [-0.4, -0.2) is 19.1 Å². The fourth-order valence-electron chi connectivity index (χ4n) is 5.18. The number of rotatable bonds is 7. The number of nitrogens with one attached hydrogen (secondary N) is 1. The van der Waals surface area contributed by atoms with Gasteiger partial charge in [0, 0.05) is 18.5 Å². The molecule has 3 aromatic carbocycles. The fraction of sp³-hybridized carbons (Fsp3) is 0.393. The third kappa shape index (κ3) is 5.44. The number of halogens is 3. The summed E-state index contributed by atoms with van der Waals surface area (Å²) in [6.07, 6.45) is -1.95. The van der Waals surface area contributed by atoms with Gasteiger partial charge in [0.2, 0.25) is 0 Å². The summed E-state index contributed by atoms with van der Waals surface area (Å²) in [6.45, 7) is 2.15. The Morgan fingerprint density at radius 3 is 2.62 bits per heavy atom. The van der Waals surface area contributed by atoms with Gasteiger partial charge in [-0.2, -0.15) is 13.2 Å². The van der Waals surface area contributed by atoms with Crippen LogP contribution in [-0.2, 0) is 22.1 Å². The standard InChI is InChI=1S/C28H30F3NO2/c1-18(24-9-5-7-19-6-3-4-8-25(19)24)32-23-14-12-21(16-23)22-11-10-20(13-15-27(33)34-2)26(17-22)28(29,30)31/h3-11,17-18,21,23,32H,12-16H2,1-2H3/t18-,21-,23-/m1/s1. The van der Waals surface area contributed by atoms with Gasteiger partial charge in [-0.3, -0.25) is 4.79 Å². The van der Waals surface area contributed by atoms with Crippen LogP contribution in [0.1, 0.15) is 66.8 Å². The van der Waals surface area contributed by atoms with E-state index >= 15 is 0 Å². The molecular weight excluding hydrogens is 439 g/mol. The molecule has 0 aliphatic heterocycles. The molecular formula is C28H30F3NO2. The number of carbonyl (C=O) groups excluding carboxylic acids is 1. The van der Waals surface area contributed by atoms with Gasteiger partial charge in [0.05, 0.1) is 12.7 Å². The number of hydrogen-bond acceptors (Lipinski definition) is 3. The normalized spacial score (nSPS) is 19.3. The molecule has 0 aromatic heterocycles. The first-order valence-corrected chi connectivity index (χ1v) is 11.8. The van der Waals surface area contributed by atoms with Crippen LogP contribution < -0.4 is 5.32 Å². The Bertz CT molecular complexity index is 1150. The second-order valence-electron chi connectivity index (χ2n) is 9.15. The highest BCUT2D eigenvalue weighted by Crippen LogP contribution is 2.40. The highest BCUT2D eigenvalue weighted by Gasteiger charge is 2.35. The summed E-state index contributed by atoms with van der Waals surface area (Å²) in [6, 6.07) is 19.6. The molecule has 3 aromatic rings. The van der Waals surface area contributed by atoms with Gasteiger partial charge >= 0.3 is 12.1 Å². The second-order valence-corrected chi connectivity index (χ2v) is 9.15. The molecule has 0 spiro atoms. The van der Waals surface area contributed by atoms with Crippen LogP contribution in [0.2, 0.25) is 0 Å². The smallest absolute Gasteiger partial charge is 0.416 e. The van der Waals surface area contributed by atoms with Crippen molar-refractivity contribution in [1.82, 2.24) is 5.32 Å². The van der Waals surface area contributed by atoms with E-state index in [9.17, 15) is 18.0 Å². The van der Waals surface area contributed by atoms with Crippen molar-refractivity contribution >= 4 is 16.7 Å². The molecule has 1 saturated carbocycles. The number of aryl methyl sites for hydroxylation is 1. The first kappa shape index (κ1) is 24.3. The van der Waals surface area contributed by atoms with E-state index in [2.05, 4.69) is 47.3 Å². The Morgan fingerprint density at radius 2 is 1.85 bits per heavy atom. The first-order valence-electron chi connectivity index (χ1n) is 11.8. The van der Waals surface area contributed by atoms with Crippen LogP contribution in [0.4, 0.5) is 13.2 Å². The number of esters is 1. The molecule has 4 rings (SSSR count). The summed E-state index contributed by atoms with van der Waals surface area (Å²) in [5, 5.41) is 6.13. The average Bonchev–Trinajstić information content (AvgIpc) is 3.29. The first-order chi connectivity index (χ1) is 16.3. The van der Waals surface area contributed by atoms with Gasteiger partial charge in [0.1, 0.15) is 0 Å². The van der Waals surface area contributed by atoms with Crippen molar-refractivity contribution in [2.24, 2.45) is 0 Å². The van der Waals surface area contributed by atoms with E-state index in [4.69, 9.17) is 0 Å². The van der Waals surface area contributed by atoms with Crippen LogP contribution in [0, 0.1) is 0 Å². The minimum absolute atomic E-state index is 0.0131. The van der Waals surface area contributed by atoms with Gasteiger partial charge in [0.25, 0.3) is 0 Å². The zero-order valence-electron chi connectivity index (χ0n) is 19.5. The van der Waals surface area contributed by atoms with Crippen molar-refractivity contribution in [3.8, 4) is 0 Å². The molecule has 3 atom stereocenters. The summed E-state index contributed by atoms with van der Waals surface area (Å²) < 4.78 is 45.8. The van der Waals surface area contributed by atoms with E-state index < -0.39 is 17.7 Å². The van der Waals surface area contributed by atoms with Gasteiger partial charge in [-0.1, -0.05) is 54.6 Å². The summed E-state index contributed by atoms with van der Waals surface area (Å²) in [4.78, 5) is 11.4. The van der Waals surface area contributed by atoms with Crippen LogP contribution >= 0.6 is 0 Å². The molecule has 0 saturated heterocycles. The highest BCUT2D eigenvalue weighted by atomic mass is 19.4. The van der Waals surface area contributed by atoms with E-state index in [1.165, 1.54) is 35.6 Å². The highest BCUT2D eigenvalue weighted by molar-refractivity contribution is 5.86. The molecule has 0 heterocycles. The fourth-order valence-corrected chi connectivity index (χ4v) is 5.18. The topological polar surface area (TPSA) is 38.3 Å². The Morgan fingerprint density at radius 1 is 1.09 bits per heavy atom. The van der Waals surface area contributed by atoms with Crippen molar-refractivity contribution in [2.45, 2.75) is 63.2 Å². The van der Waals surface area contributed by atoms with Gasteiger partial charge in [0.15, 0.2) is 0 Å². The van der Waals surface area contributed by atoms with Gasteiger partial charge in [-0.05, 0) is 72.1 Å².